The predicted octanol–water partition coefficient (Wildman–Crippen LogP) is 1.38. The van der Waals surface area contributed by atoms with Gasteiger partial charge in [0.2, 0.25) is 0 Å². The molecule has 0 aliphatic carbocycles. The highest BCUT2D eigenvalue weighted by atomic mass is 79.9. The lowest BCUT2D eigenvalue weighted by Crippen LogP contribution is -2.36. The molecule has 0 aromatic carbocycles. The van der Waals surface area contributed by atoms with E-state index < -0.39 is 0 Å². The number of hydrogen-bond donors (Lipinski definition) is 2. The Balaban J connectivity index is 2.81. The fourth-order valence-electron chi connectivity index (χ4n) is 1.27. The highest BCUT2D eigenvalue weighted by Gasteiger charge is 2.13. The third kappa shape index (κ3) is 3.07. The average molecular weight is 275 g/mol. The van der Waals surface area contributed by atoms with Crippen LogP contribution in [0.25, 0.3) is 0 Å². The van der Waals surface area contributed by atoms with Crippen LogP contribution >= 0.6 is 15.9 Å². The third-order valence-electron chi connectivity index (χ3n) is 2.09. The van der Waals surface area contributed by atoms with Crippen LogP contribution in [0.2, 0.25) is 0 Å². The Morgan fingerprint density at radius 2 is 2.40 bits per heavy atom. The maximum atomic E-state index is 11.7. The maximum Gasteiger partial charge on any atom is 0.268 e. The van der Waals surface area contributed by atoms with E-state index >= 15 is 0 Å². The molecule has 1 atom stereocenters. The number of aliphatic hydroxyl groups excluding tert-OH is 1. The zero-order chi connectivity index (χ0) is 11.4. The normalized spacial score (nSPS) is 12.5. The molecule has 1 aromatic heterocycles. The van der Waals surface area contributed by atoms with Gasteiger partial charge in [-0.15, -0.1) is 0 Å². The van der Waals surface area contributed by atoms with Crippen molar-refractivity contribution in [1.82, 2.24) is 9.88 Å². The van der Waals surface area contributed by atoms with Crippen LogP contribution in [0.3, 0.4) is 0 Å². The van der Waals surface area contributed by atoms with E-state index in [1.54, 1.807) is 13.0 Å². The van der Waals surface area contributed by atoms with Crippen LogP contribution in [0.5, 0.6) is 0 Å². The predicted molar refractivity (Wildman–Crippen MR) is 61.8 cm³/mol. The standard InChI is InChI=1S/C10H15BrN2O2/c1-3-13-5-8(11)4-9(13)10(15)12-7(2)6-14/h4-5,7,14H,3,6H2,1-2H3,(H,12,15)/t7-/m0/s1. The van der Waals surface area contributed by atoms with Gasteiger partial charge < -0.3 is 15.0 Å². The lowest BCUT2D eigenvalue weighted by atomic mass is 10.3. The second-order valence-corrected chi connectivity index (χ2v) is 4.30. The van der Waals surface area contributed by atoms with Gasteiger partial charge >= 0.3 is 0 Å². The Hall–Kier alpha value is -0.810. The lowest BCUT2D eigenvalue weighted by Gasteiger charge is -2.11. The molecule has 1 amide bonds. The molecule has 1 rings (SSSR count). The van der Waals surface area contributed by atoms with Crippen LogP contribution in [0.15, 0.2) is 16.7 Å². The van der Waals surface area contributed by atoms with E-state index in [1.807, 2.05) is 17.7 Å². The molecule has 0 fully saturated rings. The molecular formula is C10H15BrN2O2. The number of carbonyl (C=O) groups is 1. The highest BCUT2D eigenvalue weighted by molar-refractivity contribution is 9.10. The summed E-state index contributed by atoms with van der Waals surface area (Å²) in [7, 11) is 0. The van der Waals surface area contributed by atoms with Crippen LogP contribution in [-0.4, -0.2) is 28.2 Å². The Kier molecular flexibility index (Phi) is 4.35. The van der Waals surface area contributed by atoms with E-state index in [4.69, 9.17) is 5.11 Å². The van der Waals surface area contributed by atoms with Crippen molar-refractivity contribution in [2.24, 2.45) is 0 Å². The van der Waals surface area contributed by atoms with E-state index in [1.165, 1.54) is 0 Å². The molecule has 0 saturated carbocycles. The van der Waals surface area contributed by atoms with Gasteiger partial charge in [0.15, 0.2) is 0 Å². The van der Waals surface area contributed by atoms with E-state index in [2.05, 4.69) is 21.2 Å². The number of aryl methyl sites for hydroxylation is 1. The zero-order valence-electron chi connectivity index (χ0n) is 8.83. The first-order valence-corrected chi connectivity index (χ1v) is 5.65. The largest absolute Gasteiger partial charge is 0.394 e. The Morgan fingerprint density at radius 1 is 1.73 bits per heavy atom. The lowest BCUT2D eigenvalue weighted by molar-refractivity contribution is 0.0913. The summed E-state index contributed by atoms with van der Waals surface area (Å²) >= 11 is 3.33. The molecule has 0 unspecified atom stereocenters. The monoisotopic (exact) mass is 274 g/mol. The summed E-state index contributed by atoms with van der Waals surface area (Å²) in [5, 5.41) is 11.5. The van der Waals surface area contributed by atoms with Gasteiger partial charge in [-0.25, -0.2) is 0 Å². The van der Waals surface area contributed by atoms with Crippen molar-refractivity contribution in [3.8, 4) is 0 Å². The summed E-state index contributed by atoms with van der Waals surface area (Å²) in [6.07, 6.45) is 1.86. The van der Waals surface area contributed by atoms with E-state index in [-0.39, 0.29) is 18.6 Å². The molecule has 15 heavy (non-hydrogen) atoms. The average Bonchev–Trinajstić information content (AvgIpc) is 2.59. The van der Waals surface area contributed by atoms with Crippen LogP contribution in [0, 0.1) is 0 Å². The molecule has 0 spiro atoms. The number of halogens is 1. The van der Waals surface area contributed by atoms with Gasteiger partial charge in [0.05, 0.1) is 6.61 Å². The number of amides is 1. The van der Waals surface area contributed by atoms with Gasteiger partial charge in [0.25, 0.3) is 5.91 Å². The zero-order valence-corrected chi connectivity index (χ0v) is 10.4. The second-order valence-electron chi connectivity index (χ2n) is 3.39. The first-order valence-electron chi connectivity index (χ1n) is 4.85. The Morgan fingerprint density at radius 3 is 2.93 bits per heavy atom. The minimum Gasteiger partial charge on any atom is -0.394 e. The van der Waals surface area contributed by atoms with Crippen LogP contribution in [0.4, 0.5) is 0 Å². The quantitative estimate of drug-likeness (QED) is 0.872. The maximum absolute atomic E-state index is 11.7. The van der Waals surface area contributed by atoms with Crippen LogP contribution in [-0.2, 0) is 6.54 Å². The Bertz CT molecular complexity index is 349. The Labute approximate surface area is 97.4 Å². The summed E-state index contributed by atoms with van der Waals surface area (Å²) in [5.74, 6) is -0.163. The molecule has 0 bridgehead atoms. The van der Waals surface area contributed by atoms with Crippen molar-refractivity contribution in [2.75, 3.05) is 6.61 Å². The molecule has 84 valence electrons. The highest BCUT2D eigenvalue weighted by Crippen LogP contribution is 2.14. The number of nitrogens with zero attached hydrogens (tertiary/aromatic N) is 1. The van der Waals surface area contributed by atoms with Crippen molar-refractivity contribution >= 4 is 21.8 Å². The third-order valence-corrected chi connectivity index (χ3v) is 2.52. The first kappa shape index (κ1) is 12.3. The molecule has 5 heteroatoms. The molecule has 2 N–H and O–H groups in total. The minimum atomic E-state index is -0.225. The smallest absolute Gasteiger partial charge is 0.268 e. The molecule has 0 aliphatic heterocycles. The number of hydrogen-bond acceptors (Lipinski definition) is 2. The summed E-state index contributed by atoms with van der Waals surface area (Å²) < 4.78 is 2.73. The fourth-order valence-corrected chi connectivity index (χ4v) is 1.73. The minimum absolute atomic E-state index is 0.0558. The van der Waals surface area contributed by atoms with Crippen molar-refractivity contribution in [3.05, 3.63) is 22.4 Å². The molecular weight excluding hydrogens is 260 g/mol. The van der Waals surface area contributed by atoms with E-state index in [0.29, 0.717) is 5.69 Å². The van der Waals surface area contributed by atoms with Crippen molar-refractivity contribution < 1.29 is 9.90 Å². The number of aliphatic hydroxyl groups is 1. The van der Waals surface area contributed by atoms with Crippen molar-refractivity contribution in [3.63, 3.8) is 0 Å². The molecule has 4 nitrogen and oxygen atoms in total. The SMILES string of the molecule is CCn1cc(Br)cc1C(=O)N[C@@H](C)CO. The molecule has 0 aliphatic rings. The molecule has 0 saturated heterocycles. The summed E-state index contributed by atoms with van der Waals surface area (Å²) in [6, 6.07) is 1.54. The number of rotatable bonds is 4. The van der Waals surface area contributed by atoms with Gasteiger partial charge in [0.1, 0.15) is 5.69 Å². The second kappa shape index (κ2) is 5.32. The van der Waals surface area contributed by atoms with E-state index in [0.717, 1.165) is 11.0 Å². The molecule has 1 heterocycles. The fraction of sp³-hybridized carbons (Fsp3) is 0.500. The molecule has 1 aromatic rings. The summed E-state index contributed by atoms with van der Waals surface area (Å²) in [5.41, 5.74) is 0.602. The molecule has 0 radical (unpaired) electrons. The van der Waals surface area contributed by atoms with Gasteiger partial charge in [-0.1, -0.05) is 0 Å². The van der Waals surface area contributed by atoms with Gasteiger partial charge in [0, 0.05) is 23.3 Å². The number of aromatic nitrogens is 1. The summed E-state index contributed by atoms with van der Waals surface area (Å²) in [4.78, 5) is 11.7. The first-order chi connectivity index (χ1) is 7.08. The van der Waals surface area contributed by atoms with Gasteiger partial charge in [-0.2, -0.15) is 0 Å². The number of carbonyl (C=O) groups excluding carboxylic acids is 1. The topological polar surface area (TPSA) is 54.3 Å². The van der Waals surface area contributed by atoms with Gasteiger partial charge in [-0.3, -0.25) is 4.79 Å². The van der Waals surface area contributed by atoms with E-state index in [9.17, 15) is 4.79 Å². The van der Waals surface area contributed by atoms with Crippen LogP contribution in [0.1, 0.15) is 24.3 Å². The number of nitrogens with one attached hydrogen (secondary N) is 1. The van der Waals surface area contributed by atoms with Crippen molar-refractivity contribution in [1.29, 1.82) is 0 Å². The van der Waals surface area contributed by atoms with Gasteiger partial charge in [-0.05, 0) is 35.8 Å². The van der Waals surface area contributed by atoms with Crippen LogP contribution < -0.4 is 5.32 Å². The summed E-state index contributed by atoms with van der Waals surface area (Å²) in [6.45, 7) is 4.41. The van der Waals surface area contributed by atoms with Crippen molar-refractivity contribution in [2.45, 2.75) is 26.4 Å².